The number of nitrogens with zero attached hydrogens (tertiary/aromatic N) is 1. The quantitative estimate of drug-likeness (QED) is 0.907. The van der Waals surface area contributed by atoms with Gasteiger partial charge >= 0.3 is 0 Å². The molecule has 0 amide bonds. The van der Waals surface area contributed by atoms with Crippen molar-refractivity contribution in [3.63, 3.8) is 0 Å². The van der Waals surface area contributed by atoms with Gasteiger partial charge in [0.1, 0.15) is 11.5 Å². The Hall–Kier alpha value is -0.800. The highest BCUT2D eigenvalue weighted by Crippen LogP contribution is 2.43. The van der Waals surface area contributed by atoms with Gasteiger partial charge in [0.2, 0.25) is 0 Å². The Labute approximate surface area is 117 Å². The van der Waals surface area contributed by atoms with E-state index in [2.05, 4.69) is 31.9 Å². The van der Waals surface area contributed by atoms with Crippen molar-refractivity contribution in [1.82, 2.24) is 4.90 Å². The predicted molar refractivity (Wildman–Crippen MR) is 78.9 cm³/mol. The third kappa shape index (κ3) is 3.21. The molecule has 1 unspecified atom stereocenters. The second-order valence-electron chi connectivity index (χ2n) is 6.99. The smallest absolute Gasteiger partial charge is 0.118 e. The van der Waals surface area contributed by atoms with E-state index in [1.165, 1.54) is 25.7 Å². The maximum atomic E-state index is 6.15. The lowest BCUT2D eigenvalue weighted by Crippen LogP contribution is -2.55. The van der Waals surface area contributed by atoms with Crippen LogP contribution < -0.4 is 5.73 Å². The van der Waals surface area contributed by atoms with Crippen LogP contribution in [0, 0.1) is 12.3 Å². The maximum Gasteiger partial charge on any atom is 0.118 e. The van der Waals surface area contributed by atoms with Crippen molar-refractivity contribution in [2.24, 2.45) is 11.1 Å². The normalized spacial score (nSPS) is 26.8. The summed E-state index contributed by atoms with van der Waals surface area (Å²) in [6.07, 6.45) is 4.95. The minimum Gasteiger partial charge on any atom is -0.465 e. The van der Waals surface area contributed by atoms with Gasteiger partial charge in [-0.1, -0.05) is 20.3 Å². The molecule has 3 nitrogen and oxygen atoms in total. The van der Waals surface area contributed by atoms with E-state index in [9.17, 15) is 0 Å². The van der Waals surface area contributed by atoms with E-state index >= 15 is 0 Å². The van der Waals surface area contributed by atoms with Gasteiger partial charge < -0.3 is 10.2 Å². The van der Waals surface area contributed by atoms with Gasteiger partial charge in [-0.15, -0.1) is 0 Å². The summed E-state index contributed by atoms with van der Waals surface area (Å²) in [4.78, 5) is 2.41. The number of aryl methyl sites for hydroxylation is 1. The third-order valence-corrected chi connectivity index (χ3v) is 4.68. The Morgan fingerprint density at radius 1 is 1.32 bits per heavy atom. The highest BCUT2D eigenvalue weighted by molar-refractivity contribution is 5.07. The van der Waals surface area contributed by atoms with Crippen molar-refractivity contribution >= 4 is 0 Å². The van der Waals surface area contributed by atoms with Gasteiger partial charge in [-0.3, -0.25) is 4.90 Å². The summed E-state index contributed by atoms with van der Waals surface area (Å²) in [5.41, 5.74) is 6.67. The minimum absolute atomic E-state index is 0.127. The predicted octanol–water partition coefficient (Wildman–Crippen LogP) is 3.32. The number of hydrogen-bond donors (Lipinski definition) is 1. The van der Waals surface area contributed by atoms with Crippen molar-refractivity contribution in [3.8, 4) is 0 Å². The first-order valence-corrected chi connectivity index (χ1v) is 7.34. The molecule has 1 aliphatic rings. The van der Waals surface area contributed by atoms with Gasteiger partial charge in [0.15, 0.2) is 0 Å². The fraction of sp³-hybridized carbons (Fsp3) is 0.750. The zero-order valence-electron chi connectivity index (χ0n) is 12.8. The molecule has 1 aromatic heterocycles. The maximum absolute atomic E-state index is 6.15. The molecule has 0 aromatic carbocycles. The Bertz CT molecular complexity index is 424. The highest BCUT2D eigenvalue weighted by Gasteiger charge is 2.41. The van der Waals surface area contributed by atoms with Crippen LogP contribution in [0.1, 0.15) is 51.1 Å². The first-order valence-electron chi connectivity index (χ1n) is 7.34. The van der Waals surface area contributed by atoms with E-state index in [-0.39, 0.29) is 5.54 Å². The van der Waals surface area contributed by atoms with Crippen molar-refractivity contribution < 1.29 is 4.42 Å². The van der Waals surface area contributed by atoms with Crippen molar-refractivity contribution in [2.75, 3.05) is 13.6 Å². The molecule has 0 saturated heterocycles. The lowest BCUT2D eigenvalue weighted by Gasteiger charge is -2.49. The molecular weight excluding hydrogens is 236 g/mol. The van der Waals surface area contributed by atoms with Crippen LogP contribution in [0.15, 0.2) is 16.5 Å². The monoisotopic (exact) mass is 264 g/mol. The van der Waals surface area contributed by atoms with Crippen molar-refractivity contribution in [2.45, 2.75) is 58.5 Å². The molecule has 2 rings (SSSR count). The first-order chi connectivity index (χ1) is 8.87. The Balaban J connectivity index is 2.11. The lowest BCUT2D eigenvalue weighted by atomic mass is 9.67. The van der Waals surface area contributed by atoms with Crippen LogP contribution in [0.5, 0.6) is 0 Å². The summed E-state index contributed by atoms with van der Waals surface area (Å²) in [5.74, 6) is 2.02. The lowest BCUT2D eigenvalue weighted by molar-refractivity contribution is 0.0185. The summed E-state index contributed by atoms with van der Waals surface area (Å²) in [6.45, 7) is 8.29. The van der Waals surface area contributed by atoms with Crippen LogP contribution in [0.3, 0.4) is 0 Å². The van der Waals surface area contributed by atoms with Gasteiger partial charge in [-0.05, 0) is 50.8 Å². The topological polar surface area (TPSA) is 42.4 Å². The molecule has 1 aromatic rings. The van der Waals surface area contributed by atoms with E-state index in [0.717, 1.165) is 24.6 Å². The fourth-order valence-corrected chi connectivity index (χ4v) is 3.59. The van der Waals surface area contributed by atoms with E-state index in [1.807, 2.05) is 13.0 Å². The van der Waals surface area contributed by atoms with Crippen molar-refractivity contribution in [1.29, 1.82) is 0 Å². The van der Waals surface area contributed by atoms with E-state index in [0.29, 0.717) is 5.41 Å². The average Bonchev–Trinajstić information content (AvgIpc) is 2.73. The second kappa shape index (κ2) is 5.29. The number of hydrogen-bond acceptors (Lipinski definition) is 3. The van der Waals surface area contributed by atoms with Gasteiger partial charge in [-0.25, -0.2) is 0 Å². The summed E-state index contributed by atoms with van der Waals surface area (Å²) in [7, 11) is 2.19. The molecule has 0 bridgehead atoms. The first kappa shape index (κ1) is 14.6. The number of rotatable bonds is 4. The molecule has 108 valence electrons. The number of likely N-dealkylation sites (N-methyl/N-ethyl adjacent to an activating group) is 1. The summed E-state index contributed by atoms with van der Waals surface area (Å²) in [5, 5.41) is 0. The second-order valence-corrected chi connectivity index (χ2v) is 6.99. The van der Waals surface area contributed by atoms with Crippen LogP contribution >= 0.6 is 0 Å². The Morgan fingerprint density at radius 2 is 2.05 bits per heavy atom. The van der Waals surface area contributed by atoms with E-state index in [1.54, 1.807) is 0 Å². The van der Waals surface area contributed by atoms with Crippen LogP contribution in [-0.4, -0.2) is 24.0 Å². The number of furan rings is 1. The average molecular weight is 264 g/mol. The third-order valence-electron chi connectivity index (χ3n) is 4.68. The zero-order valence-corrected chi connectivity index (χ0v) is 12.8. The number of nitrogens with two attached hydrogens (primary N) is 1. The fourth-order valence-electron chi connectivity index (χ4n) is 3.59. The van der Waals surface area contributed by atoms with Crippen LogP contribution in [0.4, 0.5) is 0 Å². The molecule has 0 radical (unpaired) electrons. The standard InChI is InChI=1S/C16H28N2O/c1-13-6-7-14(19-13)10-18(4)16(12-17)9-5-8-15(2,3)11-16/h6-7H,5,8-12,17H2,1-4H3. The largest absolute Gasteiger partial charge is 0.465 e. The molecule has 1 aliphatic carbocycles. The zero-order chi connectivity index (χ0) is 14.1. The Morgan fingerprint density at radius 3 is 2.58 bits per heavy atom. The van der Waals surface area contributed by atoms with E-state index < -0.39 is 0 Å². The molecule has 19 heavy (non-hydrogen) atoms. The van der Waals surface area contributed by atoms with Crippen LogP contribution in [0.25, 0.3) is 0 Å². The molecule has 0 spiro atoms. The minimum atomic E-state index is 0.127. The van der Waals surface area contributed by atoms with E-state index in [4.69, 9.17) is 10.2 Å². The molecule has 1 saturated carbocycles. The summed E-state index contributed by atoms with van der Waals surface area (Å²) >= 11 is 0. The molecule has 1 atom stereocenters. The molecule has 1 heterocycles. The van der Waals surface area contributed by atoms with Gasteiger partial charge in [-0.2, -0.15) is 0 Å². The van der Waals surface area contributed by atoms with Crippen LogP contribution in [-0.2, 0) is 6.54 Å². The van der Waals surface area contributed by atoms with Crippen molar-refractivity contribution in [3.05, 3.63) is 23.7 Å². The summed E-state index contributed by atoms with van der Waals surface area (Å²) < 4.78 is 5.70. The molecular formula is C16H28N2O. The Kier molecular flexibility index (Phi) is 4.07. The SMILES string of the molecule is Cc1ccc(CN(C)C2(CN)CCCC(C)(C)C2)o1. The van der Waals surface area contributed by atoms with Gasteiger partial charge in [0.05, 0.1) is 6.54 Å². The molecule has 3 heteroatoms. The van der Waals surface area contributed by atoms with Crippen LogP contribution in [0.2, 0.25) is 0 Å². The highest BCUT2D eigenvalue weighted by atomic mass is 16.3. The summed E-state index contributed by atoms with van der Waals surface area (Å²) in [6, 6.07) is 4.10. The molecule has 0 aliphatic heterocycles. The molecule has 1 fully saturated rings. The molecule has 2 N–H and O–H groups in total. The van der Waals surface area contributed by atoms with Gasteiger partial charge in [0.25, 0.3) is 0 Å². The van der Waals surface area contributed by atoms with Gasteiger partial charge in [0, 0.05) is 12.1 Å².